The number of carbonyl (C=O) groups excluding carboxylic acids is 1. The average Bonchev–Trinajstić information content (AvgIpc) is 3.96. The summed E-state index contributed by atoms with van der Waals surface area (Å²) in [6, 6.07) is 33.6. The van der Waals surface area contributed by atoms with Gasteiger partial charge >= 0.3 is 0 Å². The van der Waals surface area contributed by atoms with Gasteiger partial charge in [-0.25, -0.2) is 15.0 Å². The maximum atomic E-state index is 14.3. The van der Waals surface area contributed by atoms with E-state index in [0.29, 0.717) is 49.5 Å². The van der Waals surface area contributed by atoms with Gasteiger partial charge in [-0.15, -0.1) is 11.3 Å². The van der Waals surface area contributed by atoms with Crippen LogP contribution < -0.4 is 15.0 Å². The Labute approximate surface area is 352 Å². The minimum absolute atomic E-state index is 0.0287. The Morgan fingerprint density at radius 1 is 0.883 bits per heavy atom. The second-order valence-corrected chi connectivity index (χ2v) is 16.9. The molecule has 2 saturated heterocycles. The van der Waals surface area contributed by atoms with Gasteiger partial charge in [-0.2, -0.15) is 0 Å². The van der Waals surface area contributed by atoms with Crippen LogP contribution in [0.5, 0.6) is 11.6 Å². The fraction of sp³-hybridized carbons (Fsp3) is 0.298. The molecule has 0 unspecified atom stereocenters. The van der Waals surface area contributed by atoms with Crippen molar-refractivity contribution >= 4 is 28.3 Å². The second-order valence-electron chi connectivity index (χ2n) is 15.8. The van der Waals surface area contributed by atoms with Crippen LogP contribution in [0.2, 0.25) is 0 Å². The highest BCUT2D eigenvalue weighted by atomic mass is 32.1. The average molecular weight is 822 g/mol. The van der Waals surface area contributed by atoms with Crippen molar-refractivity contribution in [2.45, 2.75) is 50.5 Å². The van der Waals surface area contributed by atoms with Crippen LogP contribution in [-0.4, -0.2) is 83.8 Å². The highest BCUT2D eigenvalue weighted by Crippen LogP contribution is 2.37. The van der Waals surface area contributed by atoms with Gasteiger partial charge in [0.15, 0.2) is 5.65 Å². The molecule has 4 aromatic heterocycles. The second kappa shape index (κ2) is 17.2. The molecule has 60 heavy (non-hydrogen) atoms. The molecule has 0 saturated carbocycles. The van der Waals surface area contributed by atoms with Crippen LogP contribution in [0.1, 0.15) is 41.2 Å². The Bertz CT molecular complexity index is 2600. The lowest BCUT2D eigenvalue weighted by molar-refractivity contribution is -0.142. The van der Waals surface area contributed by atoms with Gasteiger partial charge in [-0.05, 0) is 73.3 Å². The maximum absolute atomic E-state index is 14.3. The quantitative estimate of drug-likeness (QED) is 0.139. The highest BCUT2D eigenvalue weighted by molar-refractivity contribution is 7.15. The number of aromatic nitrogens is 5. The number of fused-ring (bicyclic) bond motifs is 1. The van der Waals surface area contributed by atoms with E-state index in [4.69, 9.17) is 9.47 Å². The van der Waals surface area contributed by atoms with Gasteiger partial charge in [0.1, 0.15) is 23.7 Å². The molecule has 1 amide bonds. The summed E-state index contributed by atoms with van der Waals surface area (Å²) in [6.07, 6.45) is 8.56. The maximum Gasteiger partial charge on any atom is 0.262 e. The van der Waals surface area contributed by atoms with Crippen molar-refractivity contribution in [1.82, 2.24) is 33.9 Å². The molecule has 0 radical (unpaired) electrons. The van der Waals surface area contributed by atoms with E-state index in [0.717, 1.165) is 64.1 Å². The summed E-state index contributed by atoms with van der Waals surface area (Å²) >= 11 is 1.66. The largest absolute Gasteiger partial charge is 0.489 e. The number of amides is 1. The SMILES string of the molecule is COc1ccc(-c2ncc(CN3CC[C@@H](C(=O)N4CCC(O)(Cn5cnc6c(ccn6-c6ccc(OCc7ccccc7)cc6)c5=O)CC4)[C@H](c4ccccc4)C3)s2)cn1. The summed E-state index contributed by atoms with van der Waals surface area (Å²) in [5, 5.41) is 13.2. The zero-order valence-electron chi connectivity index (χ0n) is 33.5. The first-order valence-corrected chi connectivity index (χ1v) is 21.2. The zero-order chi connectivity index (χ0) is 41.1. The predicted molar refractivity (Wildman–Crippen MR) is 231 cm³/mol. The standard InChI is InChI=1S/C47H47N7O5S/c1-58-42-17-12-35(26-48-42)44-49-27-38(60-44)28-51-22-18-39(41(29-51)34-10-6-3-7-11-34)45(55)52-24-20-47(57,21-25-52)31-53-32-50-43-40(46(53)56)19-23-54(43)36-13-15-37(16-14-36)59-30-33-8-4-2-5-9-33/h2-17,19,23,26-27,32,39,41,57H,18,20-22,24-25,28-31H2,1H3/t39-,41+/m1/s1. The Kier molecular flexibility index (Phi) is 11.3. The summed E-state index contributed by atoms with van der Waals surface area (Å²) in [6.45, 7) is 3.73. The van der Waals surface area contributed by atoms with Crippen LogP contribution in [0.4, 0.5) is 0 Å². The summed E-state index contributed by atoms with van der Waals surface area (Å²) < 4.78 is 14.5. The topological polar surface area (TPSA) is 128 Å². The van der Waals surface area contributed by atoms with Crippen molar-refractivity contribution in [2.75, 3.05) is 33.3 Å². The molecule has 13 heteroatoms. The zero-order valence-corrected chi connectivity index (χ0v) is 34.3. The van der Waals surface area contributed by atoms with Gasteiger partial charge < -0.3 is 24.0 Å². The van der Waals surface area contributed by atoms with Crippen LogP contribution >= 0.6 is 11.3 Å². The normalized spacial score (nSPS) is 18.1. The number of hydrogen-bond donors (Lipinski definition) is 1. The van der Waals surface area contributed by atoms with E-state index in [2.05, 4.69) is 32.0 Å². The van der Waals surface area contributed by atoms with Crippen molar-refractivity contribution in [3.63, 3.8) is 0 Å². The number of piperidine rings is 2. The van der Waals surface area contributed by atoms with Gasteiger partial charge in [0, 0.05) is 78.8 Å². The van der Waals surface area contributed by atoms with Crippen molar-refractivity contribution in [1.29, 1.82) is 0 Å². The minimum Gasteiger partial charge on any atom is -0.489 e. The Balaban J connectivity index is 0.827. The van der Waals surface area contributed by atoms with Gasteiger partial charge in [0.05, 0.1) is 24.6 Å². The number of rotatable bonds is 12. The molecule has 0 spiro atoms. The van der Waals surface area contributed by atoms with Gasteiger partial charge in [0.25, 0.3) is 5.56 Å². The fourth-order valence-corrected chi connectivity index (χ4v) is 9.48. The monoisotopic (exact) mass is 821 g/mol. The third-order valence-corrected chi connectivity index (χ3v) is 12.9. The predicted octanol–water partition coefficient (Wildman–Crippen LogP) is 6.95. The summed E-state index contributed by atoms with van der Waals surface area (Å²) in [5.41, 5.74) is 3.25. The van der Waals surface area contributed by atoms with Crippen molar-refractivity contribution in [3.8, 4) is 27.9 Å². The molecule has 0 aliphatic carbocycles. The van der Waals surface area contributed by atoms with Crippen LogP contribution in [0.25, 0.3) is 27.3 Å². The fourth-order valence-electron chi connectivity index (χ4n) is 8.53. The number of ether oxygens (including phenoxy) is 2. The van der Waals surface area contributed by atoms with Crippen molar-refractivity contribution in [2.24, 2.45) is 5.92 Å². The lowest BCUT2D eigenvalue weighted by Gasteiger charge is -2.43. The summed E-state index contributed by atoms with van der Waals surface area (Å²) in [7, 11) is 1.60. The first-order chi connectivity index (χ1) is 29.3. The Hall–Kier alpha value is -6.15. The number of nitrogens with zero attached hydrogens (tertiary/aromatic N) is 7. The highest BCUT2D eigenvalue weighted by Gasteiger charge is 2.41. The molecule has 2 aliphatic rings. The molecular formula is C47H47N7O5S. The van der Waals surface area contributed by atoms with Crippen LogP contribution in [-0.2, 0) is 24.5 Å². The van der Waals surface area contributed by atoms with Gasteiger partial charge in [-0.3, -0.25) is 19.1 Å². The number of aliphatic hydroxyl groups is 1. The van der Waals surface area contributed by atoms with E-state index in [1.165, 1.54) is 10.9 Å². The third-order valence-electron chi connectivity index (χ3n) is 11.9. The number of pyridine rings is 1. The van der Waals surface area contributed by atoms with E-state index in [9.17, 15) is 14.7 Å². The lowest BCUT2D eigenvalue weighted by atomic mass is 9.79. The first-order valence-electron chi connectivity index (χ1n) is 20.4. The molecule has 1 N–H and O–H groups in total. The molecule has 2 atom stereocenters. The molecule has 6 heterocycles. The first kappa shape index (κ1) is 39.3. The molecule has 7 aromatic rings. The van der Waals surface area contributed by atoms with E-state index >= 15 is 0 Å². The van der Waals surface area contributed by atoms with Crippen LogP contribution in [0, 0.1) is 5.92 Å². The number of thiazole rings is 1. The van der Waals surface area contributed by atoms with Crippen molar-refractivity contribution < 1.29 is 19.4 Å². The Morgan fingerprint density at radius 3 is 2.38 bits per heavy atom. The van der Waals surface area contributed by atoms with Gasteiger partial charge in [-0.1, -0.05) is 60.7 Å². The van der Waals surface area contributed by atoms with Gasteiger partial charge in [0.2, 0.25) is 11.8 Å². The summed E-state index contributed by atoms with van der Waals surface area (Å²) in [5.74, 6) is 1.31. The molecule has 2 fully saturated rings. The number of hydrogen-bond acceptors (Lipinski definition) is 10. The number of carbonyl (C=O) groups is 1. The van der Waals surface area contributed by atoms with E-state index in [1.54, 1.807) is 30.7 Å². The molecule has 2 aliphatic heterocycles. The minimum atomic E-state index is -1.15. The van der Waals surface area contributed by atoms with E-state index < -0.39 is 5.60 Å². The number of likely N-dealkylation sites (tertiary alicyclic amines) is 2. The number of benzene rings is 3. The summed E-state index contributed by atoms with van der Waals surface area (Å²) in [4.78, 5) is 47.3. The smallest absolute Gasteiger partial charge is 0.262 e. The molecule has 306 valence electrons. The van der Waals surface area contributed by atoms with E-state index in [-0.39, 0.29) is 29.8 Å². The molecule has 9 rings (SSSR count). The van der Waals surface area contributed by atoms with Crippen molar-refractivity contribution in [3.05, 3.63) is 154 Å². The number of methoxy groups -OCH3 is 1. The Morgan fingerprint density at radius 2 is 1.65 bits per heavy atom. The molecule has 3 aromatic carbocycles. The van der Waals surface area contributed by atoms with Crippen LogP contribution in [0.15, 0.2) is 133 Å². The lowest BCUT2D eigenvalue weighted by Crippen LogP contribution is -2.53. The molecular weight excluding hydrogens is 775 g/mol. The molecule has 0 bridgehead atoms. The van der Waals surface area contributed by atoms with E-state index in [1.807, 2.05) is 107 Å². The molecule has 12 nitrogen and oxygen atoms in total. The third kappa shape index (κ3) is 8.46. The van der Waals surface area contributed by atoms with Crippen LogP contribution in [0.3, 0.4) is 0 Å².